The zero-order valence-electron chi connectivity index (χ0n) is 11.9. The maximum atomic E-state index is 11.3. The molecule has 0 unspecified atom stereocenters. The van der Waals surface area contributed by atoms with Gasteiger partial charge in [0.1, 0.15) is 0 Å². The van der Waals surface area contributed by atoms with Crippen LogP contribution in [0.15, 0.2) is 0 Å². The second kappa shape index (κ2) is 11.6. The van der Waals surface area contributed by atoms with E-state index in [1.807, 2.05) is 0 Å². The zero-order valence-corrected chi connectivity index (χ0v) is 11.9. The van der Waals surface area contributed by atoms with Gasteiger partial charge in [0.2, 0.25) is 0 Å². The highest BCUT2D eigenvalue weighted by molar-refractivity contribution is 5.70. The summed E-state index contributed by atoms with van der Waals surface area (Å²) in [5, 5.41) is 0. The van der Waals surface area contributed by atoms with Gasteiger partial charge in [-0.3, -0.25) is 9.59 Å². The van der Waals surface area contributed by atoms with Gasteiger partial charge in [-0.05, 0) is 31.6 Å². The number of hydrogen-bond donors (Lipinski definition) is 0. The van der Waals surface area contributed by atoms with Gasteiger partial charge in [-0.25, -0.2) is 0 Å². The van der Waals surface area contributed by atoms with Crippen molar-refractivity contribution in [3.8, 4) is 12.3 Å². The van der Waals surface area contributed by atoms with E-state index in [0.717, 1.165) is 12.8 Å². The fourth-order valence-electron chi connectivity index (χ4n) is 1.48. The highest BCUT2D eigenvalue weighted by Crippen LogP contribution is 2.06. The number of unbranched alkanes of at least 4 members (excludes halogenated alkanes) is 1. The molecule has 0 aromatic heterocycles. The molecular weight excluding hydrogens is 244 g/mol. The van der Waals surface area contributed by atoms with Crippen molar-refractivity contribution in [3.05, 3.63) is 0 Å². The molecule has 0 aromatic carbocycles. The van der Waals surface area contributed by atoms with Crippen LogP contribution in [0, 0.1) is 18.3 Å². The summed E-state index contributed by atoms with van der Waals surface area (Å²) in [6.07, 6.45) is 8.82. The normalized spacial score (nSPS) is 10.0. The Hall–Kier alpha value is -1.50. The van der Waals surface area contributed by atoms with Crippen molar-refractivity contribution in [2.24, 2.45) is 5.92 Å². The second-order valence-corrected chi connectivity index (χ2v) is 4.83. The number of rotatable bonds is 10. The van der Waals surface area contributed by atoms with Gasteiger partial charge in [-0.2, -0.15) is 0 Å². The third-order valence-corrected chi connectivity index (χ3v) is 2.52. The number of ether oxygens (including phenoxy) is 2. The number of carbonyl (C=O) groups is 2. The summed E-state index contributed by atoms with van der Waals surface area (Å²) in [5.41, 5.74) is 0. The summed E-state index contributed by atoms with van der Waals surface area (Å²) in [6.45, 7) is 4.78. The number of carbonyl (C=O) groups excluding carboxylic acids is 2. The first-order chi connectivity index (χ1) is 9.06. The van der Waals surface area contributed by atoms with Gasteiger partial charge in [0.15, 0.2) is 6.61 Å². The third-order valence-electron chi connectivity index (χ3n) is 2.52. The Balaban J connectivity index is 3.39. The van der Waals surface area contributed by atoms with E-state index in [2.05, 4.69) is 19.8 Å². The summed E-state index contributed by atoms with van der Waals surface area (Å²) in [7, 11) is 0. The lowest BCUT2D eigenvalue weighted by molar-refractivity contribution is -0.145. The van der Waals surface area contributed by atoms with Crippen LogP contribution in [0.5, 0.6) is 0 Å². The molecule has 4 nitrogen and oxygen atoms in total. The van der Waals surface area contributed by atoms with Crippen LogP contribution >= 0.6 is 0 Å². The molecule has 0 saturated carbocycles. The van der Waals surface area contributed by atoms with Crippen molar-refractivity contribution >= 4 is 11.9 Å². The minimum Gasteiger partial charge on any atom is -0.466 e. The highest BCUT2D eigenvalue weighted by Gasteiger charge is 2.05. The van der Waals surface area contributed by atoms with Crippen LogP contribution in [0.4, 0.5) is 0 Å². The van der Waals surface area contributed by atoms with Crippen LogP contribution in [0.1, 0.15) is 52.4 Å². The molecule has 0 fully saturated rings. The van der Waals surface area contributed by atoms with Crippen molar-refractivity contribution in [2.45, 2.75) is 52.4 Å². The van der Waals surface area contributed by atoms with Crippen LogP contribution in [-0.2, 0) is 19.1 Å². The maximum Gasteiger partial charge on any atom is 0.306 e. The molecule has 0 spiro atoms. The largest absolute Gasteiger partial charge is 0.466 e. The lowest BCUT2D eigenvalue weighted by atomic mass is 10.1. The average molecular weight is 268 g/mol. The van der Waals surface area contributed by atoms with E-state index in [0.29, 0.717) is 38.2 Å². The molecule has 0 aliphatic heterocycles. The quantitative estimate of drug-likeness (QED) is 0.347. The average Bonchev–Trinajstić information content (AvgIpc) is 2.37. The predicted molar refractivity (Wildman–Crippen MR) is 73.3 cm³/mol. The first kappa shape index (κ1) is 17.5. The smallest absolute Gasteiger partial charge is 0.306 e. The van der Waals surface area contributed by atoms with Gasteiger partial charge in [0, 0.05) is 12.8 Å². The van der Waals surface area contributed by atoms with E-state index in [4.69, 9.17) is 15.9 Å². The Bertz CT molecular complexity index is 302. The van der Waals surface area contributed by atoms with Gasteiger partial charge in [0.05, 0.1) is 6.61 Å². The molecule has 4 heteroatoms. The number of hydrogen-bond acceptors (Lipinski definition) is 4. The topological polar surface area (TPSA) is 52.6 Å². The molecule has 0 heterocycles. The SMILES string of the molecule is C#CCOC(=O)CCCCC(=O)OCCCC(C)C. The summed E-state index contributed by atoms with van der Waals surface area (Å²) in [5.74, 6) is 2.35. The Kier molecular flexibility index (Phi) is 10.7. The van der Waals surface area contributed by atoms with E-state index in [1.165, 1.54) is 0 Å². The molecule has 0 aliphatic rings. The van der Waals surface area contributed by atoms with Crippen LogP contribution in [-0.4, -0.2) is 25.2 Å². The van der Waals surface area contributed by atoms with E-state index < -0.39 is 0 Å². The maximum absolute atomic E-state index is 11.3. The highest BCUT2D eigenvalue weighted by atomic mass is 16.5. The van der Waals surface area contributed by atoms with Crippen molar-refractivity contribution in [2.75, 3.05) is 13.2 Å². The van der Waals surface area contributed by atoms with E-state index in [9.17, 15) is 9.59 Å². The lowest BCUT2D eigenvalue weighted by Gasteiger charge is -2.06. The minimum absolute atomic E-state index is 0.0106. The molecule has 0 amide bonds. The van der Waals surface area contributed by atoms with Crippen LogP contribution < -0.4 is 0 Å². The molecule has 0 saturated heterocycles. The minimum atomic E-state index is -0.316. The predicted octanol–water partition coefficient (Wildman–Crippen LogP) is 2.70. The molecular formula is C15H24O4. The van der Waals surface area contributed by atoms with Gasteiger partial charge >= 0.3 is 11.9 Å². The molecule has 0 N–H and O–H groups in total. The number of terminal acetylenes is 1. The molecule has 0 aromatic rings. The zero-order chi connectivity index (χ0) is 14.5. The van der Waals surface area contributed by atoms with Crippen molar-refractivity contribution < 1.29 is 19.1 Å². The summed E-state index contributed by atoms with van der Waals surface area (Å²) in [6, 6.07) is 0. The lowest BCUT2D eigenvalue weighted by Crippen LogP contribution is -2.08. The molecule has 0 atom stereocenters. The number of esters is 2. The van der Waals surface area contributed by atoms with Crippen molar-refractivity contribution in [3.63, 3.8) is 0 Å². The fourth-order valence-corrected chi connectivity index (χ4v) is 1.48. The Morgan fingerprint density at radius 2 is 1.63 bits per heavy atom. The van der Waals surface area contributed by atoms with Gasteiger partial charge in [-0.15, -0.1) is 6.42 Å². The Morgan fingerprint density at radius 1 is 1.05 bits per heavy atom. The van der Waals surface area contributed by atoms with Crippen molar-refractivity contribution in [1.29, 1.82) is 0 Å². The van der Waals surface area contributed by atoms with Crippen LogP contribution in [0.2, 0.25) is 0 Å². The van der Waals surface area contributed by atoms with E-state index in [1.54, 1.807) is 0 Å². The summed E-state index contributed by atoms with van der Waals surface area (Å²) < 4.78 is 9.79. The standard InChI is InChI=1S/C15H24O4/c1-4-11-18-14(16)9-5-6-10-15(17)19-12-7-8-13(2)3/h1,13H,5-12H2,2-3H3. The summed E-state index contributed by atoms with van der Waals surface area (Å²) in [4.78, 5) is 22.4. The first-order valence-corrected chi connectivity index (χ1v) is 6.81. The molecule has 0 rings (SSSR count). The molecule has 0 radical (unpaired) electrons. The van der Waals surface area contributed by atoms with Crippen molar-refractivity contribution in [1.82, 2.24) is 0 Å². The molecule has 108 valence electrons. The molecule has 0 aliphatic carbocycles. The van der Waals surface area contributed by atoms with Crippen LogP contribution in [0.25, 0.3) is 0 Å². The van der Waals surface area contributed by atoms with Gasteiger partial charge in [-0.1, -0.05) is 19.8 Å². The Labute approximate surface area is 115 Å². The monoisotopic (exact) mass is 268 g/mol. The van der Waals surface area contributed by atoms with E-state index >= 15 is 0 Å². The fraction of sp³-hybridized carbons (Fsp3) is 0.733. The first-order valence-electron chi connectivity index (χ1n) is 6.81. The van der Waals surface area contributed by atoms with E-state index in [-0.39, 0.29) is 18.5 Å². The van der Waals surface area contributed by atoms with Gasteiger partial charge in [0.25, 0.3) is 0 Å². The molecule has 0 bridgehead atoms. The van der Waals surface area contributed by atoms with Crippen LogP contribution in [0.3, 0.4) is 0 Å². The second-order valence-electron chi connectivity index (χ2n) is 4.83. The van der Waals surface area contributed by atoms with Gasteiger partial charge < -0.3 is 9.47 Å². The Morgan fingerprint density at radius 3 is 2.16 bits per heavy atom. The molecule has 19 heavy (non-hydrogen) atoms. The third kappa shape index (κ3) is 12.7. The summed E-state index contributed by atoms with van der Waals surface area (Å²) >= 11 is 0.